The Morgan fingerprint density at radius 3 is 2.85 bits per heavy atom. The first-order valence-corrected chi connectivity index (χ1v) is 8.65. The summed E-state index contributed by atoms with van der Waals surface area (Å²) in [5.74, 6) is -0.827. The van der Waals surface area contributed by atoms with E-state index in [1.807, 2.05) is 49.4 Å². The molecule has 0 saturated carbocycles. The average molecular weight is 349 g/mol. The predicted octanol–water partition coefficient (Wildman–Crippen LogP) is 3.09. The second-order valence-corrected chi connectivity index (χ2v) is 6.47. The van der Waals surface area contributed by atoms with Crippen LogP contribution < -0.4 is 4.90 Å². The number of nitrogens with one attached hydrogen (secondary N) is 1. The molecule has 6 nitrogen and oxygen atoms in total. The number of carbonyl (C=O) groups is 2. The van der Waals surface area contributed by atoms with Crippen molar-refractivity contribution >= 4 is 28.5 Å². The second kappa shape index (κ2) is 6.63. The summed E-state index contributed by atoms with van der Waals surface area (Å²) < 4.78 is 5.26. The fraction of sp³-hybridized carbons (Fsp3) is 0.250. The molecule has 0 saturated heterocycles. The molecule has 1 aliphatic rings. The Bertz CT molecular complexity index is 979. The number of H-pyrrole nitrogens is 1. The summed E-state index contributed by atoms with van der Waals surface area (Å²) in [5.41, 5.74) is 2.99. The van der Waals surface area contributed by atoms with Crippen LogP contribution in [0.2, 0.25) is 0 Å². The minimum absolute atomic E-state index is 0.0716. The molecule has 1 aromatic heterocycles. The molecule has 1 aliphatic heterocycles. The van der Waals surface area contributed by atoms with Crippen LogP contribution in [0.15, 0.2) is 48.5 Å². The van der Waals surface area contributed by atoms with Gasteiger partial charge in [-0.05, 0) is 37.5 Å². The quantitative estimate of drug-likeness (QED) is 0.737. The minimum atomic E-state index is -0.603. The largest absolute Gasteiger partial charge is 0.451 e. The predicted molar refractivity (Wildman–Crippen MR) is 98.1 cm³/mol. The Morgan fingerprint density at radius 2 is 1.96 bits per heavy atom. The zero-order valence-electron chi connectivity index (χ0n) is 14.4. The summed E-state index contributed by atoms with van der Waals surface area (Å²) >= 11 is 0. The van der Waals surface area contributed by atoms with Crippen LogP contribution in [0.1, 0.15) is 29.4 Å². The molecule has 0 bridgehead atoms. The Kier molecular flexibility index (Phi) is 4.16. The molecule has 0 spiro atoms. The van der Waals surface area contributed by atoms with E-state index in [1.54, 1.807) is 11.0 Å². The van der Waals surface area contributed by atoms with Crippen LogP contribution in [0.4, 0.5) is 5.69 Å². The molecule has 2 heterocycles. The van der Waals surface area contributed by atoms with E-state index in [4.69, 9.17) is 4.74 Å². The topological polar surface area (TPSA) is 75.3 Å². The molecule has 2 aromatic carbocycles. The molecule has 3 aromatic rings. The number of rotatable bonds is 3. The SMILES string of the molecule is C[C@@H]1CCc2ccccc2N1C(=O)COC(=O)c1n[nH]c2ccccc12. The number of benzene rings is 2. The Labute approximate surface area is 150 Å². The van der Waals surface area contributed by atoms with Crippen molar-refractivity contribution in [3.05, 3.63) is 59.8 Å². The summed E-state index contributed by atoms with van der Waals surface area (Å²) in [5, 5.41) is 7.49. The van der Waals surface area contributed by atoms with E-state index in [1.165, 1.54) is 0 Å². The molecule has 132 valence electrons. The molecule has 1 N–H and O–H groups in total. The number of carbonyl (C=O) groups excluding carboxylic acids is 2. The van der Waals surface area contributed by atoms with Gasteiger partial charge in [-0.2, -0.15) is 5.10 Å². The van der Waals surface area contributed by atoms with Gasteiger partial charge in [-0.1, -0.05) is 36.4 Å². The highest BCUT2D eigenvalue weighted by Crippen LogP contribution is 2.30. The van der Waals surface area contributed by atoms with Crippen LogP contribution in [0.3, 0.4) is 0 Å². The number of hydrogen-bond acceptors (Lipinski definition) is 4. The normalized spacial score (nSPS) is 16.3. The number of aromatic nitrogens is 2. The number of fused-ring (bicyclic) bond motifs is 2. The van der Waals surface area contributed by atoms with Gasteiger partial charge in [0.2, 0.25) is 0 Å². The first-order valence-electron chi connectivity index (χ1n) is 8.65. The lowest BCUT2D eigenvalue weighted by Gasteiger charge is -2.35. The zero-order valence-corrected chi connectivity index (χ0v) is 14.4. The maximum Gasteiger partial charge on any atom is 0.359 e. The maximum absolute atomic E-state index is 12.7. The number of para-hydroxylation sites is 2. The zero-order chi connectivity index (χ0) is 18.1. The van der Waals surface area contributed by atoms with Gasteiger partial charge < -0.3 is 9.64 Å². The highest BCUT2D eigenvalue weighted by molar-refractivity contribution is 6.03. The van der Waals surface area contributed by atoms with Crippen molar-refractivity contribution in [2.45, 2.75) is 25.8 Å². The third-order valence-corrected chi connectivity index (χ3v) is 4.78. The number of esters is 1. The standard InChI is InChI=1S/C20H19N3O3/c1-13-10-11-14-6-2-5-9-17(14)23(13)18(24)12-26-20(25)19-15-7-3-4-8-16(15)21-22-19/h2-9,13H,10-12H2,1H3,(H,21,22)/t13-/m1/s1. The summed E-state index contributed by atoms with van der Waals surface area (Å²) in [6, 6.07) is 15.2. The molecular weight excluding hydrogens is 330 g/mol. The molecule has 0 unspecified atom stereocenters. The number of hydrogen-bond donors (Lipinski definition) is 1. The summed E-state index contributed by atoms with van der Waals surface area (Å²) in [4.78, 5) is 26.8. The van der Waals surface area contributed by atoms with Gasteiger partial charge in [0.1, 0.15) is 0 Å². The van der Waals surface area contributed by atoms with Crippen molar-refractivity contribution in [3.63, 3.8) is 0 Å². The molecule has 6 heteroatoms. The number of nitrogens with zero attached hydrogens (tertiary/aromatic N) is 2. The molecule has 26 heavy (non-hydrogen) atoms. The van der Waals surface area contributed by atoms with Gasteiger partial charge in [0.15, 0.2) is 12.3 Å². The van der Waals surface area contributed by atoms with Gasteiger partial charge in [-0.3, -0.25) is 9.89 Å². The average Bonchev–Trinajstić information content (AvgIpc) is 3.10. The fourth-order valence-electron chi connectivity index (χ4n) is 3.45. The second-order valence-electron chi connectivity index (χ2n) is 6.47. The van der Waals surface area contributed by atoms with E-state index in [9.17, 15) is 9.59 Å². The molecule has 0 aliphatic carbocycles. The highest BCUT2D eigenvalue weighted by Gasteiger charge is 2.29. The highest BCUT2D eigenvalue weighted by atomic mass is 16.5. The lowest BCUT2D eigenvalue weighted by atomic mass is 9.96. The van der Waals surface area contributed by atoms with Gasteiger partial charge >= 0.3 is 5.97 Å². The monoisotopic (exact) mass is 349 g/mol. The Balaban J connectivity index is 1.50. The molecule has 1 amide bonds. The maximum atomic E-state index is 12.7. The molecule has 0 fully saturated rings. The fourth-order valence-corrected chi connectivity index (χ4v) is 3.45. The van der Waals surface area contributed by atoms with Crippen molar-refractivity contribution in [3.8, 4) is 0 Å². The van der Waals surface area contributed by atoms with Crippen LogP contribution in [0.25, 0.3) is 10.9 Å². The van der Waals surface area contributed by atoms with E-state index in [-0.39, 0.29) is 24.2 Å². The van der Waals surface area contributed by atoms with Crippen molar-refractivity contribution in [1.82, 2.24) is 10.2 Å². The molecule has 0 radical (unpaired) electrons. The van der Waals surface area contributed by atoms with Crippen LogP contribution >= 0.6 is 0 Å². The van der Waals surface area contributed by atoms with Crippen molar-refractivity contribution in [2.75, 3.05) is 11.5 Å². The van der Waals surface area contributed by atoms with Crippen molar-refractivity contribution < 1.29 is 14.3 Å². The van der Waals surface area contributed by atoms with E-state index >= 15 is 0 Å². The summed E-state index contributed by atoms with van der Waals surface area (Å²) in [6.45, 7) is 1.70. The van der Waals surface area contributed by atoms with Gasteiger partial charge in [-0.15, -0.1) is 0 Å². The van der Waals surface area contributed by atoms with Crippen molar-refractivity contribution in [2.24, 2.45) is 0 Å². The molecular formula is C20H19N3O3. The first-order chi connectivity index (χ1) is 12.6. The third kappa shape index (κ3) is 2.83. The van der Waals surface area contributed by atoms with E-state index in [0.717, 1.165) is 29.6 Å². The summed E-state index contributed by atoms with van der Waals surface area (Å²) in [7, 11) is 0. The van der Waals surface area contributed by atoms with Crippen molar-refractivity contribution in [1.29, 1.82) is 0 Å². The number of amides is 1. The first kappa shape index (κ1) is 16.3. The van der Waals surface area contributed by atoms with Crippen LogP contribution in [0, 0.1) is 0 Å². The van der Waals surface area contributed by atoms with Crippen LogP contribution in [-0.4, -0.2) is 34.7 Å². The van der Waals surface area contributed by atoms with Gasteiger partial charge in [0, 0.05) is 17.1 Å². The van der Waals surface area contributed by atoms with Gasteiger partial charge in [0.05, 0.1) is 5.52 Å². The molecule has 4 rings (SSSR count). The number of aryl methyl sites for hydroxylation is 1. The smallest absolute Gasteiger partial charge is 0.359 e. The minimum Gasteiger partial charge on any atom is -0.451 e. The van der Waals surface area contributed by atoms with Crippen LogP contribution in [0.5, 0.6) is 0 Å². The number of ether oxygens (including phenoxy) is 1. The third-order valence-electron chi connectivity index (χ3n) is 4.78. The van der Waals surface area contributed by atoms with Gasteiger partial charge in [0.25, 0.3) is 5.91 Å². The molecule has 1 atom stereocenters. The Hall–Kier alpha value is -3.15. The van der Waals surface area contributed by atoms with Gasteiger partial charge in [-0.25, -0.2) is 4.79 Å². The number of anilines is 1. The van der Waals surface area contributed by atoms with Crippen LogP contribution in [-0.2, 0) is 16.0 Å². The lowest BCUT2D eigenvalue weighted by molar-refractivity contribution is -0.122. The summed E-state index contributed by atoms with van der Waals surface area (Å²) in [6.07, 6.45) is 1.83. The van der Waals surface area contributed by atoms with E-state index < -0.39 is 5.97 Å². The number of aromatic amines is 1. The van der Waals surface area contributed by atoms with E-state index in [2.05, 4.69) is 10.2 Å². The lowest BCUT2D eigenvalue weighted by Crippen LogP contribution is -2.44. The van der Waals surface area contributed by atoms with E-state index in [0.29, 0.717) is 5.39 Å². The Morgan fingerprint density at radius 1 is 1.19 bits per heavy atom.